The zero-order valence-corrected chi connectivity index (χ0v) is 24.6. The number of aryl methyl sites for hydroxylation is 2. The molecule has 8 heteroatoms. The maximum absolute atomic E-state index is 12.7. The molecule has 0 unspecified atom stereocenters. The molecule has 1 heterocycles. The zero-order valence-electron chi connectivity index (χ0n) is 21.8. The van der Waals surface area contributed by atoms with Crippen molar-refractivity contribution in [1.29, 1.82) is 0 Å². The van der Waals surface area contributed by atoms with Gasteiger partial charge in [-0.2, -0.15) is 4.99 Å². The molecule has 1 N–H and O–H groups in total. The van der Waals surface area contributed by atoms with E-state index in [1.54, 1.807) is 0 Å². The molecular formula is C31H25N2NaO4S. The van der Waals surface area contributed by atoms with Crippen LogP contribution in [0.2, 0.25) is 0 Å². The number of thioether (sulfide) groups is 1. The third kappa shape index (κ3) is 7.61. The Balaban J connectivity index is 0.00000353. The van der Waals surface area contributed by atoms with Crippen LogP contribution in [-0.4, -0.2) is 17.0 Å². The summed E-state index contributed by atoms with van der Waals surface area (Å²) in [5, 5.41) is 16.4. The van der Waals surface area contributed by atoms with E-state index in [-0.39, 0.29) is 41.9 Å². The van der Waals surface area contributed by atoms with Crippen LogP contribution in [0.25, 0.3) is 16.8 Å². The number of anilines is 1. The van der Waals surface area contributed by atoms with E-state index < -0.39 is 5.97 Å². The zero-order chi connectivity index (χ0) is 26.5. The molecule has 0 radical (unpaired) electrons. The molecule has 0 aliphatic carbocycles. The molecule has 4 aromatic rings. The molecule has 0 atom stereocenters. The molecule has 1 aliphatic rings. The van der Waals surface area contributed by atoms with Gasteiger partial charge in [-0.05, 0) is 83.8 Å². The number of aliphatic carboxylic acids is 1. The van der Waals surface area contributed by atoms with Crippen LogP contribution in [0, 0.1) is 6.92 Å². The second-order valence-electron chi connectivity index (χ2n) is 9.04. The number of hydrogen-bond donors (Lipinski definition) is 1. The molecule has 0 fully saturated rings. The maximum atomic E-state index is 12.7. The van der Waals surface area contributed by atoms with Crippen LogP contribution in [0.1, 0.15) is 28.7 Å². The van der Waals surface area contributed by atoms with Crippen molar-refractivity contribution >= 4 is 51.3 Å². The van der Waals surface area contributed by atoms with E-state index >= 15 is 0 Å². The van der Waals surface area contributed by atoms with E-state index in [1.807, 2.05) is 78.9 Å². The summed E-state index contributed by atoms with van der Waals surface area (Å²) in [6.07, 6.45) is 2.21. The molecule has 0 bridgehead atoms. The summed E-state index contributed by atoms with van der Waals surface area (Å²) in [5.74, 6) is -0.698. The molecule has 0 saturated carbocycles. The monoisotopic (exact) mass is 544 g/mol. The van der Waals surface area contributed by atoms with Gasteiger partial charge in [-0.3, -0.25) is 4.79 Å². The van der Waals surface area contributed by atoms with E-state index in [9.17, 15) is 14.7 Å². The second kappa shape index (κ2) is 13.1. The van der Waals surface area contributed by atoms with E-state index in [0.717, 1.165) is 33.2 Å². The quantitative estimate of drug-likeness (QED) is 0.271. The summed E-state index contributed by atoms with van der Waals surface area (Å²) in [6.45, 7) is 2.47. The fourth-order valence-corrected chi connectivity index (χ4v) is 4.87. The number of benzene rings is 4. The molecule has 4 aromatic carbocycles. The Morgan fingerprint density at radius 2 is 1.64 bits per heavy atom. The van der Waals surface area contributed by atoms with Crippen LogP contribution in [0.4, 0.5) is 5.69 Å². The largest absolute Gasteiger partial charge is 1.00 e. The van der Waals surface area contributed by atoms with Gasteiger partial charge < -0.3 is 20.0 Å². The Bertz CT molecular complexity index is 1560. The van der Waals surface area contributed by atoms with Crippen molar-refractivity contribution in [2.45, 2.75) is 26.4 Å². The average Bonchev–Trinajstić information content (AvgIpc) is 3.26. The van der Waals surface area contributed by atoms with Crippen molar-refractivity contribution in [1.82, 2.24) is 0 Å². The first-order valence-electron chi connectivity index (χ1n) is 12.2. The van der Waals surface area contributed by atoms with Crippen LogP contribution in [-0.2, 0) is 22.6 Å². The van der Waals surface area contributed by atoms with Crippen molar-refractivity contribution in [3.63, 3.8) is 0 Å². The number of nitrogens with one attached hydrogen (secondary N) is 1. The molecule has 6 nitrogen and oxygen atoms in total. The number of rotatable bonds is 8. The maximum Gasteiger partial charge on any atom is 1.00 e. The Kier molecular flexibility index (Phi) is 9.64. The van der Waals surface area contributed by atoms with Gasteiger partial charge >= 0.3 is 29.6 Å². The van der Waals surface area contributed by atoms with Crippen LogP contribution in [0.5, 0.6) is 5.75 Å². The molecule has 1 amide bonds. The summed E-state index contributed by atoms with van der Waals surface area (Å²) in [5.41, 5.74) is 4.72. The van der Waals surface area contributed by atoms with E-state index in [0.29, 0.717) is 28.9 Å². The van der Waals surface area contributed by atoms with Gasteiger partial charge in [-0.25, -0.2) is 0 Å². The molecule has 0 aromatic heterocycles. The van der Waals surface area contributed by atoms with Gasteiger partial charge in [0.15, 0.2) is 5.17 Å². The normalized spacial score (nSPS) is 13.7. The van der Waals surface area contributed by atoms with Gasteiger partial charge in [0.25, 0.3) is 5.91 Å². The van der Waals surface area contributed by atoms with Gasteiger partial charge in [-0.1, -0.05) is 66.2 Å². The molecular weight excluding hydrogens is 519 g/mol. The molecule has 39 heavy (non-hydrogen) atoms. The number of nitrogens with zero attached hydrogens (tertiary/aromatic N) is 1. The molecule has 5 rings (SSSR count). The second-order valence-corrected chi connectivity index (χ2v) is 10.1. The van der Waals surface area contributed by atoms with Crippen molar-refractivity contribution in [3.05, 3.63) is 112 Å². The van der Waals surface area contributed by atoms with Gasteiger partial charge in [0.1, 0.15) is 12.4 Å². The van der Waals surface area contributed by atoms with Crippen molar-refractivity contribution in [2.24, 2.45) is 4.99 Å². The number of carboxylic acids is 1. The number of ether oxygens (including phenoxy) is 1. The first kappa shape index (κ1) is 28.6. The minimum absolute atomic E-state index is 0. The summed E-state index contributed by atoms with van der Waals surface area (Å²) in [7, 11) is 0. The molecule has 0 spiro atoms. The standard InChI is InChI=1S/C31H26N2O4S.Na/c1-20-6-8-22(9-7-20)19-37-27-17-24-5-3-2-4-23(24)16-25(27)18-28-30(36)33-31(38-28)32-26-13-10-21(11-14-26)12-15-29(34)35;/h2-11,13-14,16-18H,12,15,19H2,1H3,(H,34,35)(H,32,33,36);/q;+1/p-1. The van der Waals surface area contributed by atoms with Crippen molar-refractivity contribution in [2.75, 3.05) is 5.32 Å². The summed E-state index contributed by atoms with van der Waals surface area (Å²) in [6, 6.07) is 27.6. The molecule has 190 valence electrons. The number of carbonyl (C=O) groups excluding carboxylic acids is 2. The minimum atomic E-state index is -1.07. The molecule has 0 saturated heterocycles. The summed E-state index contributed by atoms with van der Waals surface area (Å²) >= 11 is 1.27. The number of hydrogen-bond acceptors (Lipinski definition) is 6. The fraction of sp³-hybridized carbons (Fsp3) is 0.129. The first-order valence-corrected chi connectivity index (χ1v) is 13.0. The van der Waals surface area contributed by atoms with Gasteiger partial charge in [0, 0.05) is 17.2 Å². The van der Waals surface area contributed by atoms with Crippen LogP contribution >= 0.6 is 11.8 Å². The predicted molar refractivity (Wildman–Crippen MR) is 151 cm³/mol. The van der Waals surface area contributed by atoms with Crippen LogP contribution in [0.3, 0.4) is 0 Å². The molecule has 1 aliphatic heterocycles. The Morgan fingerprint density at radius 1 is 0.974 bits per heavy atom. The smallest absolute Gasteiger partial charge is 0.550 e. The summed E-state index contributed by atoms with van der Waals surface area (Å²) < 4.78 is 6.23. The summed E-state index contributed by atoms with van der Waals surface area (Å²) in [4.78, 5) is 28.1. The van der Waals surface area contributed by atoms with E-state index in [4.69, 9.17) is 4.74 Å². The van der Waals surface area contributed by atoms with E-state index in [2.05, 4.69) is 29.4 Å². The number of carbonyl (C=O) groups is 2. The Labute approximate surface area is 253 Å². The van der Waals surface area contributed by atoms with E-state index in [1.165, 1.54) is 17.3 Å². The number of amides is 1. The predicted octanol–water partition coefficient (Wildman–Crippen LogP) is 2.50. The van der Waals surface area contributed by atoms with Crippen LogP contribution < -0.4 is 44.7 Å². The fourth-order valence-electron chi connectivity index (χ4n) is 4.05. The van der Waals surface area contributed by atoms with Crippen molar-refractivity contribution in [3.8, 4) is 5.75 Å². The number of amidine groups is 1. The Morgan fingerprint density at radius 3 is 2.33 bits per heavy atom. The van der Waals surface area contributed by atoms with Gasteiger partial charge in [0.2, 0.25) is 0 Å². The SMILES string of the molecule is Cc1ccc(COc2cc3ccccc3cc2C=C2SC(Nc3ccc(CCC(=O)[O-])cc3)=NC2=O)cc1.[Na+]. The third-order valence-corrected chi connectivity index (χ3v) is 7.02. The number of fused-ring (bicyclic) bond motifs is 1. The van der Waals surface area contributed by atoms with Gasteiger partial charge in [-0.15, -0.1) is 0 Å². The average molecular weight is 545 g/mol. The first-order chi connectivity index (χ1) is 18.4. The Hall–Kier alpha value is -3.36. The number of aliphatic imine (C=N–C) groups is 1. The topological polar surface area (TPSA) is 90.8 Å². The van der Waals surface area contributed by atoms with Crippen LogP contribution in [0.15, 0.2) is 94.8 Å². The number of carboxylic acid groups (broad SMARTS) is 1. The van der Waals surface area contributed by atoms with Crippen molar-refractivity contribution < 1.29 is 49.0 Å². The minimum Gasteiger partial charge on any atom is -0.550 e. The third-order valence-electron chi connectivity index (χ3n) is 6.12. The van der Waals surface area contributed by atoms with Gasteiger partial charge in [0.05, 0.1) is 4.91 Å².